The summed E-state index contributed by atoms with van der Waals surface area (Å²) in [5.41, 5.74) is -0.348. The Bertz CT molecular complexity index is 1030. The largest absolute Gasteiger partial charge is 0.458 e. The van der Waals surface area contributed by atoms with Crippen LogP contribution in [-0.4, -0.2) is 59.0 Å². The number of esters is 3. The average Bonchev–Trinajstić information content (AvgIpc) is 3.17. The summed E-state index contributed by atoms with van der Waals surface area (Å²) < 4.78 is 23.2. The average molecular weight is 577 g/mol. The molecule has 3 aliphatic rings. The van der Waals surface area contributed by atoms with Crippen molar-refractivity contribution in [2.75, 3.05) is 0 Å². The summed E-state index contributed by atoms with van der Waals surface area (Å²) in [6.07, 6.45) is 3.73. The first-order valence-electron chi connectivity index (χ1n) is 14.9. The fraction of sp³-hybridized carbons (Fsp3) is 0.719. The van der Waals surface area contributed by atoms with Crippen molar-refractivity contribution in [2.45, 2.75) is 123 Å². The maximum atomic E-state index is 12.9. The van der Waals surface area contributed by atoms with Crippen molar-refractivity contribution in [3.05, 3.63) is 36.5 Å². The van der Waals surface area contributed by atoms with Crippen LogP contribution in [0.15, 0.2) is 36.5 Å². The molecule has 1 saturated heterocycles. The Morgan fingerprint density at radius 1 is 1.17 bits per heavy atom. The van der Waals surface area contributed by atoms with Crippen molar-refractivity contribution >= 4 is 17.9 Å². The zero-order valence-electron chi connectivity index (χ0n) is 25.2. The van der Waals surface area contributed by atoms with Gasteiger partial charge in [0, 0.05) is 19.4 Å². The van der Waals surface area contributed by atoms with Crippen LogP contribution in [0.1, 0.15) is 92.4 Å². The van der Waals surface area contributed by atoms with Crippen LogP contribution in [0, 0.1) is 22.7 Å². The molecule has 2 aliphatic carbocycles. The number of aliphatic hydroxyl groups excluding tert-OH is 2. The van der Waals surface area contributed by atoms with E-state index >= 15 is 0 Å². The van der Waals surface area contributed by atoms with Crippen LogP contribution >= 0.6 is 0 Å². The molecular formula is C32H48O9. The summed E-state index contributed by atoms with van der Waals surface area (Å²) >= 11 is 0. The molecule has 3 rings (SSSR count). The molecule has 9 atom stereocenters. The first kappa shape index (κ1) is 33.0. The molecule has 0 bridgehead atoms. The zero-order valence-corrected chi connectivity index (χ0v) is 25.2. The summed E-state index contributed by atoms with van der Waals surface area (Å²) in [4.78, 5) is 37.3. The molecule has 0 aromatic carbocycles. The van der Waals surface area contributed by atoms with Crippen LogP contribution in [0.25, 0.3) is 0 Å². The fourth-order valence-electron chi connectivity index (χ4n) is 7.16. The van der Waals surface area contributed by atoms with Crippen molar-refractivity contribution in [3.8, 4) is 0 Å². The van der Waals surface area contributed by atoms with Gasteiger partial charge in [-0.25, -0.2) is 0 Å². The molecule has 0 aromatic heterocycles. The van der Waals surface area contributed by atoms with Gasteiger partial charge in [0.1, 0.15) is 6.10 Å². The molecule has 2 fully saturated rings. The monoisotopic (exact) mass is 576 g/mol. The summed E-state index contributed by atoms with van der Waals surface area (Å²) in [6, 6.07) is 0. The Morgan fingerprint density at radius 2 is 1.85 bits per heavy atom. The van der Waals surface area contributed by atoms with Gasteiger partial charge in [-0.15, -0.1) is 0 Å². The van der Waals surface area contributed by atoms with Crippen molar-refractivity contribution < 1.29 is 43.5 Å². The molecule has 0 aromatic rings. The summed E-state index contributed by atoms with van der Waals surface area (Å²) in [6.45, 7) is 16.7. The minimum absolute atomic E-state index is 0.0348. The predicted molar refractivity (Wildman–Crippen MR) is 152 cm³/mol. The zero-order chi connectivity index (χ0) is 30.5. The van der Waals surface area contributed by atoms with Crippen molar-refractivity contribution in [1.82, 2.24) is 0 Å². The maximum absolute atomic E-state index is 12.9. The summed E-state index contributed by atoms with van der Waals surface area (Å²) in [7, 11) is 0. The molecular weight excluding hydrogens is 528 g/mol. The van der Waals surface area contributed by atoms with E-state index in [1.807, 2.05) is 0 Å². The Balaban J connectivity index is 2.05. The topological polar surface area (TPSA) is 129 Å². The second-order valence-electron chi connectivity index (χ2n) is 12.3. The number of unbranched alkanes of at least 4 members (excludes halogenated alkanes) is 2. The lowest BCUT2D eigenvalue weighted by Crippen LogP contribution is -2.63. The number of rotatable bonds is 13. The molecule has 1 spiro atoms. The van der Waals surface area contributed by atoms with E-state index in [9.17, 15) is 24.6 Å². The Hall–Kier alpha value is -2.49. The van der Waals surface area contributed by atoms with E-state index < -0.39 is 59.6 Å². The Kier molecular flexibility index (Phi) is 11.0. The second-order valence-corrected chi connectivity index (χ2v) is 12.3. The second kappa shape index (κ2) is 13.7. The molecule has 0 amide bonds. The number of allylic oxidation sites excluding steroid dienone is 2. The van der Waals surface area contributed by atoms with Gasteiger partial charge >= 0.3 is 17.9 Å². The van der Waals surface area contributed by atoms with Crippen LogP contribution in [0.3, 0.4) is 0 Å². The SMILES string of the molecule is C=CC(=C)CCC1(C)C(C)CC(O)C23C(=CC(OC(=O)CC(O)CCCCC)CC12)C(OC(C)=O)OC3OC(C)=O. The molecule has 41 heavy (non-hydrogen) atoms. The van der Waals surface area contributed by atoms with Crippen molar-refractivity contribution in [3.63, 3.8) is 0 Å². The van der Waals surface area contributed by atoms with Crippen LogP contribution in [-0.2, 0) is 33.3 Å². The molecule has 230 valence electrons. The van der Waals surface area contributed by atoms with Gasteiger partial charge in [0.25, 0.3) is 0 Å². The molecule has 1 aliphatic heterocycles. The third-order valence-corrected chi connectivity index (χ3v) is 9.50. The van der Waals surface area contributed by atoms with E-state index in [-0.39, 0.29) is 18.3 Å². The number of ether oxygens (including phenoxy) is 4. The highest BCUT2D eigenvalue weighted by atomic mass is 16.8. The molecule has 0 radical (unpaired) electrons. The van der Waals surface area contributed by atoms with Crippen LogP contribution in [0.4, 0.5) is 0 Å². The first-order chi connectivity index (χ1) is 19.3. The fourth-order valence-corrected chi connectivity index (χ4v) is 7.16. The third kappa shape index (κ3) is 6.95. The van der Waals surface area contributed by atoms with E-state index in [4.69, 9.17) is 18.9 Å². The van der Waals surface area contributed by atoms with E-state index in [1.54, 1.807) is 12.2 Å². The summed E-state index contributed by atoms with van der Waals surface area (Å²) in [5.74, 6) is -2.08. The molecule has 1 saturated carbocycles. The Morgan fingerprint density at radius 3 is 2.46 bits per heavy atom. The number of carbonyl (C=O) groups is 3. The number of aliphatic hydroxyl groups is 2. The van der Waals surface area contributed by atoms with E-state index in [0.29, 0.717) is 37.7 Å². The highest BCUT2D eigenvalue weighted by Crippen LogP contribution is 2.67. The Labute approximate surface area is 243 Å². The van der Waals surface area contributed by atoms with E-state index in [1.165, 1.54) is 13.8 Å². The number of hydrogen-bond donors (Lipinski definition) is 2. The number of hydrogen-bond acceptors (Lipinski definition) is 9. The van der Waals surface area contributed by atoms with Gasteiger partial charge in [-0.3, -0.25) is 19.1 Å². The molecule has 9 heteroatoms. The summed E-state index contributed by atoms with van der Waals surface area (Å²) in [5, 5.41) is 22.2. The lowest BCUT2D eigenvalue weighted by Gasteiger charge is -2.60. The van der Waals surface area contributed by atoms with Crippen LogP contribution < -0.4 is 0 Å². The minimum Gasteiger partial charge on any atom is -0.458 e. The third-order valence-electron chi connectivity index (χ3n) is 9.50. The highest BCUT2D eigenvalue weighted by molar-refractivity contribution is 5.70. The molecule has 1 heterocycles. The molecule has 9 unspecified atom stereocenters. The van der Waals surface area contributed by atoms with Gasteiger partial charge in [0.2, 0.25) is 12.6 Å². The smallest absolute Gasteiger partial charge is 0.309 e. The van der Waals surface area contributed by atoms with Crippen molar-refractivity contribution in [1.29, 1.82) is 0 Å². The molecule has 9 nitrogen and oxygen atoms in total. The van der Waals surface area contributed by atoms with E-state index in [0.717, 1.165) is 24.8 Å². The normalized spacial score (nSPS) is 34.9. The lowest BCUT2D eigenvalue weighted by molar-refractivity contribution is -0.254. The predicted octanol–water partition coefficient (Wildman–Crippen LogP) is 4.90. The minimum atomic E-state index is -1.23. The lowest BCUT2D eigenvalue weighted by atomic mass is 9.45. The van der Waals surface area contributed by atoms with E-state index in [2.05, 4.69) is 33.9 Å². The molecule has 2 N–H and O–H groups in total. The number of carbonyl (C=O) groups excluding carboxylic acids is 3. The standard InChI is InChI=1S/C32H48O9/c1-8-10-11-12-23(35)16-28(37)40-24-17-25-29(38-21(5)33)41-30(39-22(6)34)32(25)26(18-24)31(7,14-13-19(3)9-2)20(4)15-27(32)36/h9,17,20,23-24,26-27,29-30,35-36H,2-3,8,10-16,18H2,1,4-7H3. The van der Waals surface area contributed by atoms with Gasteiger partial charge in [0.05, 0.1) is 24.0 Å². The van der Waals surface area contributed by atoms with Gasteiger partial charge in [-0.2, -0.15) is 0 Å². The van der Waals surface area contributed by atoms with Gasteiger partial charge in [0.15, 0.2) is 0 Å². The van der Waals surface area contributed by atoms with Gasteiger partial charge in [-0.05, 0) is 55.4 Å². The quantitative estimate of drug-likeness (QED) is 0.103. The van der Waals surface area contributed by atoms with Crippen LogP contribution in [0.5, 0.6) is 0 Å². The maximum Gasteiger partial charge on any atom is 0.309 e. The highest BCUT2D eigenvalue weighted by Gasteiger charge is 2.71. The first-order valence-corrected chi connectivity index (χ1v) is 14.9. The van der Waals surface area contributed by atoms with Gasteiger partial charge < -0.3 is 24.4 Å². The van der Waals surface area contributed by atoms with Crippen molar-refractivity contribution in [2.24, 2.45) is 22.7 Å². The van der Waals surface area contributed by atoms with Gasteiger partial charge in [-0.1, -0.05) is 64.8 Å². The van der Waals surface area contributed by atoms with Crippen LogP contribution in [0.2, 0.25) is 0 Å².